The van der Waals surface area contributed by atoms with Crippen molar-refractivity contribution in [2.45, 2.75) is 53.9 Å². The van der Waals surface area contributed by atoms with E-state index in [4.69, 9.17) is 5.11 Å². The van der Waals surface area contributed by atoms with Crippen LogP contribution in [-0.2, 0) is 0 Å². The van der Waals surface area contributed by atoms with Gasteiger partial charge >= 0.3 is 0 Å². The van der Waals surface area contributed by atoms with Crippen LogP contribution in [0.5, 0.6) is 0 Å². The quantitative estimate of drug-likeness (QED) is 0.657. The fourth-order valence-electron chi connectivity index (χ4n) is 0.609. The van der Waals surface area contributed by atoms with E-state index >= 15 is 0 Å². The van der Waals surface area contributed by atoms with E-state index in [0.29, 0.717) is 12.0 Å². The van der Waals surface area contributed by atoms with Crippen LogP contribution >= 0.6 is 0 Å². The first kappa shape index (κ1) is 13.5. The van der Waals surface area contributed by atoms with Crippen molar-refractivity contribution in [1.82, 2.24) is 0 Å². The average molecular weight is 160 g/mol. The van der Waals surface area contributed by atoms with Gasteiger partial charge in [0.25, 0.3) is 0 Å². The SMILES string of the molecule is CC(C)(C)CCCO.CCC. The lowest BCUT2D eigenvalue weighted by atomic mass is 9.91. The minimum absolute atomic E-state index is 0.331. The molecule has 70 valence electrons. The van der Waals surface area contributed by atoms with E-state index in [9.17, 15) is 0 Å². The van der Waals surface area contributed by atoms with Crippen LogP contribution in [0.1, 0.15) is 53.9 Å². The second kappa shape index (κ2) is 8.06. The predicted octanol–water partition coefficient (Wildman–Crippen LogP) is 3.22. The Morgan fingerprint density at radius 2 is 1.45 bits per heavy atom. The van der Waals surface area contributed by atoms with E-state index in [2.05, 4.69) is 34.6 Å². The maximum Gasteiger partial charge on any atom is 0.0431 e. The third-order valence-corrected chi connectivity index (χ3v) is 1.08. The van der Waals surface area contributed by atoms with Gasteiger partial charge in [0.15, 0.2) is 0 Å². The van der Waals surface area contributed by atoms with Gasteiger partial charge in [0.2, 0.25) is 0 Å². The van der Waals surface area contributed by atoms with Crippen molar-refractivity contribution in [3.8, 4) is 0 Å². The standard InChI is InChI=1S/C7H16O.C3H8/c1-7(2,3)5-4-6-8;1-3-2/h8H,4-6H2,1-3H3;3H2,1-2H3. The first-order chi connectivity index (χ1) is 4.97. The molecule has 0 saturated carbocycles. The van der Waals surface area contributed by atoms with Crippen molar-refractivity contribution in [1.29, 1.82) is 0 Å². The third kappa shape index (κ3) is 25.7. The monoisotopic (exact) mass is 160 g/mol. The summed E-state index contributed by atoms with van der Waals surface area (Å²) in [5.41, 5.74) is 0.392. The molecule has 0 saturated heterocycles. The van der Waals surface area contributed by atoms with Crippen molar-refractivity contribution >= 4 is 0 Å². The molecule has 0 amide bonds. The van der Waals surface area contributed by atoms with Gasteiger partial charge in [-0.2, -0.15) is 0 Å². The highest BCUT2D eigenvalue weighted by molar-refractivity contribution is 4.59. The number of hydrogen-bond acceptors (Lipinski definition) is 1. The number of hydrogen-bond donors (Lipinski definition) is 1. The van der Waals surface area contributed by atoms with Crippen LogP contribution in [0.25, 0.3) is 0 Å². The van der Waals surface area contributed by atoms with Crippen molar-refractivity contribution < 1.29 is 5.11 Å². The molecule has 0 aromatic heterocycles. The molecule has 0 rings (SSSR count). The molecule has 11 heavy (non-hydrogen) atoms. The molecular formula is C10H24O. The Morgan fingerprint density at radius 3 is 1.55 bits per heavy atom. The highest BCUT2D eigenvalue weighted by atomic mass is 16.2. The van der Waals surface area contributed by atoms with Gasteiger partial charge in [-0.05, 0) is 18.3 Å². The number of rotatable bonds is 2. The first-order valence-electron chi connectivity index (χ1n) is 4.58. The Morgan fingerprint density at radius 1 is 1.09 bits per heavy atom. The second-order valence-corrected chi connectivity index (χ2v) is 4.09. The summed E-state index contributed by atoms with van der Waals surface area (Å²) in [6.07, 6.45) is 3.30. The Hall–Kier alpha value is -0.0400. The Labute approximate surface area is 71.8 Å². The summed E-state index contributed by atoms with van der Waals surface area (Å²) >= 11 is 0. The fraction of sp³-hybridized carbons (Fsp3) is 1.00. The van der Waals surface area contributed by atoms with E-state index in [1.54, 1.807) is 0 Å². The molecule has 0 bridgehead atoms. The lowest BCUT2D eigenvalue weighted by molar-refractivity contribution is 0.251. The Kier molecular flexibility index (Phi) is 9.92. The third-order valence-electron chi connectivity index (χ3n) is 1.08. The van der Waals surface area contributed by atoms with E-state index in [-0.39, 0.29) is 0 Å². The smallest absolute Gasteiger partial charge is 0.0431 e. The van der Waals surface area contributed by atoms with E-state index in [1.165, 1.54) is 6.42 Å². The maximum absolute atomic E-state index is 8.43. The molecule has 0 aliphatic heterocycles. The van der Waals surface area contributed by atoms with E-state index in [0.717, 1.165) is 12.8 Å². The van der Waals surface area contributed by atoms with Crippen LogP contribution in [0.2, 0.25) is 0 Å². The summed E-state index contributed by atoms with van der Waals surface area (Å²) < 4.78 is 0. The zero-order chi connectivity index (χ0) is 9.33. The van der Waals surface area contributed by atoms with Gasteiger partial charge in [-0.3, -0.25) is 0 Å². The Bertz CT molecular complexity index is 61.8. The molecule has 1 heteroatoms. The number of aliphatic hydroxyl groups is 1. The zero-order valence-electron chi connectivity index (χ0n) is 8.78. The molecule has 0 unspecified atom stereocenters. The van der Waals surface area contributed by atoms with Crippen LogP contribution < -0.4 is 0 Å². The number of aliphatic hydroxyl groups excluding tert-OH is 1. The van der Waals surface area contributed by atoms with Gasteiger partial charge in [0.1, 0.15) is 0 Å². The molecular weight excluding hydrogens is 136 g/mol. The topological polar surface area (TPSA) is 20.2 Å². The van der Waals surface area contributed by atoms with Crippen LogP contribution in [0.15, 0.2) is 0 Å². The molecule has 0 radical (unpaired) electrons. The summed E-state index contributed by atoms with van der Waals surface area (Å²) in [5.74, 6) is 0. The van der Waals surface area contributed by atoms with Crippen molar-refractivity contribution in [3.05, 3.63) is 0 Å². The highest BCUT2D eigenvalue weighted by Gasteiger charge is 2.07. The summed E-state index contributed by atoms with van der Waals surface area (Å²) in [6, 6.07) is 0. The van der Waals surface area contributed by atoms with Crippen LogP contribution in [0.3, 0.4) is 0 Å². The molecule has 0 aromatic rings. The summed E-state index contributed by atoms with van der Waals surface area (Å²) in [7, 11) is 0. The van der Waals surface area contributed by atoms with Gasteiger partial charge in [0.05, 0.1) is 0 Å². The van der Waals surface area contributed by atoms with Crippen molar-refractivity contribution in [3.63, 3.8) is 0 Å². The molecule has 1 N–H and O–H groups in total. The van der Waals surface area contributed by atoms with Gasteiger partial charge in [-0.15, -0.1) is 0 Å². The molecule has 0 fully saturated rings. The predicted molar refractivity (Wildman–Crippen MR) is 51.7 cm³/mol. The molecule has 0 aromatic carbocycles. The first-order valence-corrected chi connectivity index (χ1v) is 4.58. The molecule has 0 aliphatic carbocycles. The largest absolute Gasteiger partial charge is 0.396 e. The lowest BCUT2D eigenvalue weighted by Gasteiger charge is -2.16. The van der Waals surface area contributed by atoms with Crippen LogP contribution in [0.4, 0.5) is 0 Å². The van der Waals surface area contributed by atoms with Gasteiger partial charge in [-0.1, -0.05) is 41.0 Å². The summed E-state index contributed by atoms with van der Waals surface area (Å²) in [5, 5.41) is 8.43. The van der Waals surface area contributed by atoms with Gasteiger partial charge in [0, 0.05) is 6.61 Å². The molecule has 0 spiro atoms. The molecule has 1 nitrogen and oxygen atoms in total. The molecule has 0 aliphatic rings. The van der Waals surface area contributed by atoms with Crippen molar-refractivity contribution in [2.75, 3.05) is 6.61 Å². The minimum atomic E-state index is 0.331. The normalized spacial score (nSPS) is 10.4. The highest BCUT2D eigenvalue weighted by Crippen LogP contribution is 2.19. The Balaban J connectivity index is 0. The summed E-state index contributed by atoms with van der Waals surface area (Å²) in [6.45, 7) is 11.1. The zero-order valence-corrected chi connectivity index (χ0v) is 8.78. The van der Waals surface area contributed by atoms with Gasteiger partial charge in [-0.25, -0.2) is 0 Å². The molecule has 0 heterocycles. The van der Waals surface area contributed by atoms with Crippen LogP contribution in [0, 0.1) is 5.41 Å². The summed E-state index contributed by atoms with van der Waals surface area (Å²) in [4.78, 5) is 0. The maximum atomic E-state index is 8.43. The van der Waals surface area contributed by atoms with Crippen LogP contribution in [-0.4, -0.2) is 11.7 Å². The second-order valence-electron chi connectivity index (χ2n) is 4.09. The average Bonchev–Trinajstić information content (AvgIpc) is 1.84. The van der Waals surface area contributed by atoms with Gasteiger partial charge < -0.3 is 5.11 Å². The fourth-order valence-corrected chi connectivity index (χ4v) is 0.609. The van der Waals surface area contributed by atoms with Crippen molar-refractivity contribution in [2.24, 2.45) is 5.41 Å². The minimum Gasteiger partial charge on any atom is -0.396 e. The van der Waals surface area contributed by atoms with E-state index < -0.39 is 0 Å². The molecule has 0 atom stereocenters. The lowest BCUT2D eigenvalue weighted by Crippen LogP contribution is -2.04. The van der Waals surface area contributed by atoms with E-state index in [1.807, 2.05) is 0 Å².